The first-order valence-electron chi connectivity index (χ1n) is 11.1. The molecule has 4 rings (SSSR count). The van der Waals surface area contributed by atoms with Crippen LogP contribution in [0.2, 0.25) is 5.02 Å². The number of carbonyl (C=O) groups is 1. The molecule has 1 saturated heterocycles. The molecule has 0 bridgehead atoms. The van der Waals surface area contributed by atoms with Gasteiger partial charge in [0.25, 0.3) is 0 Å². The van der Waals surface area contributed by atoms with Crippen LogP contribution in [0.1, 0.15) is 37.1 Å². The van der Waals surface area contributed by atoms with E-state index in [9.17, 15) is 9.70 Å². The zero-order valence-electron chi connectivity index (χ0n) is 19.3. The van der Waals surface area contributed by atoms with Gasteiger partial charge >= 0.3 is 6.09 Å². The Kier molecular flexibility index (Phi) is 7.28. The number of hydrogen-bond donors (Lipinski definition) is 1. The van der Waals surface area contributed by atoms with Crippen molar-refractivity contribution in [1.29, 1.82) is 0 Å². The van der Waals surface area contributed by atoms with Crippen LogP contribution in [0.5, 0.6) is 5.75 Å². The van der Waals surface area contributed by atoms with Crippen LogP contribution in [0.3, 0.4) is 0 Å². The predicted octanol–water partition coefficient (Wildman–Crippen LogP) is 4.03. The van der Waals surface area contributed by atoms with Gasteiger partial charge < -0.3 is 14.8 Å². The molecule has 0 aliphatic carbocycles. The molecule has 2 aliphatic heterocycles. The van der Waals surface area contributed by atoms with Gasteiger partial charge in [0.15, 0.2) is 5.82 Å². The number of benzene rings is 1. The van der Waals surface area contributed by atoms with Crippen molar-refractivity contribution in [2.24, 2.45) is 10.2 Å². The minimum absolute atomic E-state index is 0.121. The fourth-order valence-corrected chi connectivity index (χ4v) is 4.11. The van der Waals surface area contributed by atoms with Crippen molar-refractivity contribution in [1.82, 2.24) is 20.0 Å². The minimum atomic E-state index is -0.522. The van der Waals surface area contributed by atoms with Gasteiger partial charge in [0.2, 0.25) is 0 Å². The highest BCUT2D eigenvalue weighted by Crippen LogP contribution is 2.35. The molecule has 0 saturated carbocycles. The van der Waals surface area contributed by atoms with Crippen LogP contribution in [0.15, 0.2) is 46.7 Å². The van der Waals surface area contributed by atoms with Crippen molar-refractivity contribution in [3.8, 4) is 5.75 Å². The van der Waals surface area contributed by atoms with E-state index in [0.717, 1.165) is 11.1 Å². The number of nitrogens with one attached hydrogen (secondary N) is 1. The van der Waals surface area contributed by atoms with Crippen molar-refractivity contribution in [3.05, 3.63) is 57.6 Å². The van der Waals surface area contributed by atoms with E-state index in [0.29, 0.717) is 42.0 Å². The van der Waals surface area contributed by atoms with Crippen LogP contribution in [0.25, 0.3) is 0 Å². The molecule has 2 aliphatic rings. The Balaban J connectivity index is 1.70. The van der Waals surface area contributed by atoms with Crippen molar-refractivity contribution in [2.75, 3.05) is 33.4 Å². The van der Waals surface area contributed by atoms with E-state index in [-0.39, 0.29) is 18.6 Å². The standard InChI is InChI=1S/C23H27ClN6O4/c1-14(2)19-12-26-30-21(29-6-7-33-23(29)31)5-4-20(27-22(19)30)15-8-16(24)10-18(9-15)34-13-17(28-32)11-25-3/h4-5,8-10,12,14,17,21,25H,6-7,11,13H2,1-3H3/t17-,21+/m0/s1. The van der Waals surface area contributed by atoms with E-state index in [2.05, 4.69) is 29.4 Å². The molecule has 34 heavy (non-hydrogen) atoms. The molecule has 2 aromatic rings. The van der Waals surface area contributed by atoms with Gasteiger partial charge in [-0.2, -0.15) is 10.0 Å². The second-order valence-electron chi connectivity index (χ2n) is 8.40. The summed E-state index contributed by atoms with van der Waals surface area (Å²) in [7, 11) is 1.75. The number of hydrogen-bond acceptors (Lipinski definition) is 8. The molecule has 180 valence electrons. The number of nitrogens with zero attached hydrogens (tertiary/aromatic N) is 5. The molecule has 11 heteroatoms. The van der Waals surface area contributed by atoms with Gasteiger partial charge in [0, 0.05) is 22.7 Å². The summed E-state index contributed by atoms with van der Waals surface area (Å²) in [5.41, 5.74) is 2.34. The average Bonchev–Trinajstić information content (AvgIpc) is 3.37. The molecule has 3 heterocycles. The Morgan fingerprint density at radius 3 is 2.85 bits per heavy atom. The van der Waals surface area contributed by atoms with Crippen molar-refractivity contribution in [2.45, 2.75) is 32.0 Å². The second-order valence-corrected chi connectivity index (χ2v) is 8.84. The molecule has 0 unspecified atom stereocenters. The number of nitroso groups, excluding NO2 is 1. The number of cyclic esters (lactones) is 1. The van der Waals surface area contributed by atoms with E-state index in [1.807, 2.05) is 18.2 Å². The maximum absolute atomic E-state index is 12.3. The normalized spacial score (nSPS) is 18.4. The Bertz CT molecular complexity index is 1130. The van der Waals surface area contributed by atoms with Crippen molar-refractivity contribution >= 4 is 29.2 Å². The van der Waals surface area contributed by atoms with Gasteiger partial charge in [-0.1, -0.05) is 30.6 Å². The van der Waals surface area contributed by atoms with E-state index in [1.54, 1.807) is 35.0 Å². The maximum Gasteiger partial charge on any atom is 0.411 e. The Morgan fingerprint density at radius 1 is 1.35 bits per heavy atom. The van der Waals surface area contributed by atoms with E-state index >= 15 is 0 Å². The van der Waals surface area contributed by atoms with Crippen LogP contribution in [-0.4, -0.2) is 65.9 Å². The number of rotatable bonds is 9. The summed E-state index contributed by atoms with van der Waals surface area (Å²) in [5, 5.41) is 11.0. The fraction of sp³-hybridized carbons (Fsp3) is 0.435. The lowest BCUT2D eigenvalue weighted by Crippen LogP contribution is -2.32. The molecule has 1 aromatic heterocycles. The highest BCUT2D eigenvalue weighted by Gasteiger charge is 2.33. The number of aromatic nitrogens is 2. The van der Waals surface area contributed by atoms with Gasteiger partial charge in [0.1, 0.15) is 31.2 Å². The summed E-state index contributed by atoms with van der Waals surface area (Å²) < 4.78 is 12.7. The summed E-state index contributed by atoms with van der Waals surface area (Å²) in [4.78, 5) is 29.8. The predicted molar refractivity (Wildman–Crippen MR) is 129 cm³/mol. The zero-order chi connectivity index (χ0) is 24.2. The number of likely N-dealkylation sites (N-methyl/N-ethyl adjacent to an activating group) is 1. The number of halogens is 1. The third kappa shape index (κ3) is 4.97. The number of allylic oxidation sites excluding steroid dienone is 1. The Labute approximate surface area is 202 Å². The van der Waals surface area contributed by atoms with Gasteiger partial charge in [-0.25, -0.2) is 14.5 Å². The SMILES string of the molecule is CNC[C@@H](COc1cc(Cl)cc(C2=Nc3c(C(C)C)cnn3[C@@H](N3CCOC3=O)C=C2)c1)N=O. The van der Waals surface area contributed by atoms with Gasteiger partial charge in [-0.3, -0.25) is 4.90 Å². The molecule has 10 nitrogen and oxygen atoms in total. The van der Waals surface area contributed by atoms with Gasteiger partial charge in [-0.05, 0) is 43.3 Å². The molecular formula is C23H27ClN6O4. The number of fused-ring (bicyclic) bond motifs is 1. The molecule has 0 radical (unpaired) electrons. The number of aliphatic imine (C=N–C) groups is 1. The Morgan fingerprint density at radius 2 is 2.18 bits per heavy atom. The third-order valence-electron chi connectivity index (χ3n) is 5.63. The first-order valence-corrected chi connectivity index (χ1v) is 11.5. The number of amides is 1. The quantitative estimate of drug-likeness (QED) is 0.535. The summed E-state index contributed by atoms with van der Waals surface area (Å²) in [6.45, 7) is 5.47. The third-order valence-corrected chi connectivity index (χ3v) is 5.85. The molecule has 2 atom stereocenters. The monoisotopic (exact) mass is 486 g/mol. The lowest BCUT2D eigenvalue weighted by Gasteiger charge is -2.23. The highest BCUT2D eigenvalue weighted by atomic mass is 35.5. The molecule has 1 aromatic carbocycles. The van der Waals surface area contributed by atoms with Crippen LogP contribution in [-0.2, 0) is 4.74 Å². The van der Waals surface area contributed by atoms with Crippen LogP contribution >= 0.6 is 11.6 Å². The highest BCUT2D eigenvalue weighted by molar-refractivity contribution is 6.31. The van der Waals surface area contributed by atoms with E-state index in [1.165, 1.54) is 0 Å². The first-order chi connectivity index (χ1) is 16.4. The van der Waals surface area contributed by atoms with E-state index in [4.69, 9.17) is 26.1 Å². The molecule has 1 amide bonds. The van der Waals surface area contributed by atoms with Crippen LogP contribution in [0, 0.1) is 4.91 Å². The molecule has 1 fully saturated rings. The summed E-state index contributed by atoms with van der Waals surface area (Å²) in [5.74, 6) is 1.35. The van der Waals surface area contributed by atoms with Crippen molar-refractivity contribution < 1.29 is 14.3 Å². The maximum atomic E-state index is 12.3. The molecule has 0 spiro atoms. The van der Waals surface area contributed by atoms with Gasteiger partial charge in [-0.15, -0.1) is 0 Å². The van der Waals surface area contributed by atoms with E-state index < -0.39 is 12.2 Å². The number of ether oxygens (including phenoxy) is 2. The fourth-order valence-electron chi connectivity index (χ4n) is 3.89. The van der Waals surface area contributed by atoms with Crippen LogP contribution in [0.4, 0.5) is 10.6 Å². The van der Waals surface area contributed by atoms with Crippen molar-refractivity contribution in [3.63, 3.8) is 0 Å². The second kappa shape index (κ2) is 10.4. The topological polar surface area (TPSA) is 110 Å². The first kappa shape index (κ1) is 23.9. The lowest BCUT2D eigenvalue weighted by atomic mass is 10.1. The van der Waals surface area contributed by atoms with Crippen LogP contribution < -0.4 is 10.1 Å². The summed E-state index contributed by atoms with van der Waals surface area (Å²) >= 11 is 6.39. The summed E-state index contributed by atoms with van der Waals surface area (Å²) in [6.07, 6.45) is 4.66. The molecular weight excluding hydrogens is 460 g/mol. The molecule has 1 N–H and O–H groups in total. The smallest absolute Gasteiger partial charge is 0.411 e. The zero-order valence-corrected chi connectivity index (χ0v) is 20.0. The van der Waals surface area contributed by atoms with Gasteiger partial charge in [0.05, 0.1) is 18.5 Å². The largest absolute Gasteiger partial charge is 0.491 e. The Hall–Kier alpha value is -3.24. The summed E-state index contributed by atoms with van der Waals surface area (Å²) in [6, 6.07) is 4.77. The lowest BCUT2D eigenvalue weighted by molar-refractivity contribution is 0.141. The number of carbonyl (C=O) groups excluding carboxylic acids is 1. The minimum Gasteiger partial charge on any atom is -0.491 e. The average molecular weight is 487 g/mol.